The SMILES string of the molecule is C#C[C@]1(O)CC[C@H]2[C@@H]3CC[C@H]4C[C@H](O)[C@@H](N5CCN(C(=O)[C@@H]6CCCN6C(=O)c6cc7ccccc7cn6)CC5)C[C@]4(C)[C@H]3CC[C@@]21C. The van der Waals surface area contributed by atoms with Crippen molar-refractivity contribution < 1.29 is 19.8 Å². The van der Waals surface area contributed by atoms with Crippen molar-refractivity contribution in [3.05, 3.63) is 42.2 Å². The number of amides is 2. The second-order valence-electron chi connectivity index (χ2n) is 16.7. The Morgan fingerprint density at radius 3 is 2.48 bits per heavy atom. The highest BCUT2D eigenvalue weighted by Crippen LogP contribution is 2.68. The highest BCUT2D eigenvalue weighted by Gasteiger charge is 2.65. The van der Waals surface area contributed by atoms with E-state index in [1.165, 1.54) is 6.42 Å². The summed E-state index contributed by atoms with van der Waals surface area (Å²) in [6.07, 6.45) is 16.8. The molecule has 2 aromatic rings. The number of terminal acetylenes is 1. The number of carbonyl (C=O) groups excluding carboxylic acids is 2. The second kappa shape index (κ2) is 11.8. The molecule has 8 heteroatoms. The number of pyridine rings is 1. The predicted molar refractivity (Wildman–Crippen MR) is 185 cm³/mol. The number of rotatable bonds is 3. The molecule has 0 unspecified atom stereocenters. The maximum Gasteiger partial charge on any atom is 0.273 e. The fourth-order valence-corrected chi connectivity index (χ4v) is 12.0. The van der Waals surface area contributed by atoms with Gasteiger partial charge >= 0.3 is 0 Å². The molecule has 6 aliphatic rings. The van der Waals surface area contributed by atoms with E-state index >= 15 is 0 Å². The number of fused-ring (bicyclic) bond motifs is 6. The largest absolute Gasteiger partial charge is 0.391 e. The molecule has 2 aliphatic heterocycles. The standard InChI is InChI=1S/C40H52N4O4/c1-4-40(48)16-14-31-29-12-11-28-23-35(45)34(24-38(28,2)30(29)13-15-39(31,40)3)42-18-20-43(21-19-42)37(47)33-10-7-17-44(33)36(46)32-22-26-8-5-6-9-27(26)25-41-32/h1,5-6,8-9,22,25,28-31,33-35,45,48H,7,10-21,23-24H2,2-3H3/t28-,29+,30-,31-,33-,34-,35-,38-,39-,40-/m0/s1. The summed E-state index contributed by atoms with van der Waals surface area (Å²) >= 11 is 0. The number of hydrogen-bond donors (Lipinski definition) is 2. The molecule has 4 aliphatic carbocycles. The van der Waals surface area contributed by atoms with E-state index < -0.39 is 11.6 Å². The van der Waals surface area contributed by atoms with E-state index in [1.54, 1.807) is 11.1 Å². The van der Waals surface area contributed by atoms with Crippen LogP contribution in [0.1, 0.15) is 88.5 Å². The third-order valence-corrected chi connectivity index (χ3v) is 14.8. The molecule has 48 heavy (non-hydrogen) atoms. The molecule has 1 aromatic heterocycles. The van der Waals surface area contributed by atoms with Crippen LogP contribution in [-0.2, 0) is 4.79 Å². The Hall–Kier alpha value is -2.99. The number of piperazine rings is 1. The lowest BCUT2D eigenvalue weighted by atomic mass is 9.44. The van der Waals surface area contributed by atoms with Gasteiger partial charge in [-0.05, 0) is 105 Å². The number of aliphatic hydroxyl groups is 2. The number of hydrogen-bond acceptors (Lipinski definition) is 6. The summed E-state index contributed by atoms with van der Waals surface area (Å²) < 4.78 is 0. The van der Waals surface area contributed by atoms with Crippen molar-refractivity contribution in [2.24, 2.45) is 34.5 Å². The lowest BCUT2D eigenvalue weighted by Crippen LogP contribution is -2.63. The van der Waals surface area contributed by atoms with Crippen LogP contribution in [0.2, 0.25) is 0 Å². The molecule has 2 amide bonds. The van der Waals surface area contributed by atoms with Crippen LogP contribution >= 0.6 is 0 Å². The summed E-state index contributed by atoms with van der Waals surface area (Å²) in [4.78, 5) is 38.1. The Kier molecular flexibility index (Phi) is 7.93. The lowest BCUT2D eigenvalue weighted by molar-refractivity contribution is -0.163. The van der Waals surface area contributed by atoms with E-state index in [-0.39, 0.29) is 34.8 Å². The van der Waals surface area contributed by atoms with Gasteiger partial charge in [0.25, 0.3) is 5.91 Å². The first-order valence-corrected chi connectivity index (χ1v) is 18.6. The van der Waals surface area contributed by atoms with Gasteiger partial charge in [0.1, 0.15) is 17.3 Å². The van der Waals surface area contributed by atoms with Crippen molar-refractivity contribution in [1.29, 1.82) is 0 Å². The predicted octanol–water partition coefficient (Wildman–Crippen LogP) is 4.73. The first-order valence-electron chi connectivity index (χ1n) is 18.6. The number of carbonyl (C=O) groups is 2. The number of nitrogens with zero attached hydrogens (tertiary/aromatic N) is 4. The monoisotopic (exact) mass is 652 g/mol. The highest BCUT2D eigenvalue weighted by atomic mass is 16.3. The summed E-state index contributed by atoms with van der Waals surface area (Å²) in [5.41, 5.74) is -0.643. The van der Waals surface area contributed by atoms with Crippen molar-refractivity contribution in [2.75, 3.05) is 32.7 Å². The molecular formula is C40H52N4O4. The normalized spacial score (nSPS) is 41.4. The fraction of sp³-hybridized carbons (Fsp3) is 0.675. The van der Waals surface area contributed by atoms with Crippen LogP contribution in [0.3, 0.4) is 0 Å². The Balaban J connectivity index is 0.925. The topological polar surface area (TPSA) is 97.2 Å². The van der Waals surface area contributed by atoms with Crippen LogP contribution in [0.5, 0.6) is 0 Å². The van der Waals surface area contributed by atoms with Gasteiger partial charge in [0, 0.05) is 55.8 Å². The molecule has 256 valence electrons. The van der Waals surface area contributed by atoms with Gasteiger partial charge in [-0.25, -0.2) is 0 Å². The summed E-state index contributed by atoms with van der Waals surface area (Å²) in [5, 5.41) is 24.9. The molecule has 0 spiro atoms. The van der Waals surface area contributed by atoms with Crippen LogP contribution in [0, 0.1) is 46.8 Å². The molecule has 10 atom stereocenters. The van der Waals surface area contributed by atoms with Crippen molar-refractivity contribution in [3.8, 4) is 12.3 Å². The number of likely N-dealkylation sites (tertiary alicyclic amines) is 1. The Bertz CT molecular complexity index is 1630. The van der Waals surface area contributed by atoms with E-state index in [2.05, 4.69) is 29.7 Å². The van der Waals surface area contributed by atoms with Gasteiger partial charge in [-0.1, -0.05) is 44.0 Å². The maximum absolute atomic E-state index is 13.9. The van der Waals surface area contributed by atoms with Gasteiger partial charge in [0.15, 0.2) is 0 Å². The number of benzene rings is 1. The third kappa shape index (κ3) is 4.86. The molecule has 1 aromatic carbocycles. The first kappa shape index (κ1) is 32.2. The van der Waals surface area contributed by atoms with Crippen molar-refractivity contribution in [1.82, 2.24) is 19.7 Å². The number of aliphatic hydroxyl groups excluding tert-OH is 1. The van der Waals surface area contributed by atoms with E-state index in [4.69, 9.17) is 6.42 Å². The quantitative estimate of drug-likeness (QED) is 0.466. The molecule has 8 nitrogen and oxygen atoms in total. The highest BCUT2D eigenvalue weighted by molar-refractivity contribution is 5.99. The Morgan fingerprint density at radius 2 is 1.71 bits per heavy atom. The molecule has 6 fully saturated rings. The zero-order chi connectivity index (χ0) is 33.4. The minimum Gasteiger partial charge on any atom is -0.391 e. The molecule has 2 saturated heterocycles. The molecular weight excluding hydrogens is 600 g/mol. The van der Waals surface area contributed by atoms with E-state index in [1.807, 2.05) is 35.2 Å². The Labute approximate surface area is 285 Å². The van der Waals surface area contributed by atoms with Crippen LogP contribution < -0.4 is 0 Å². The van der Waals surface area contributed by atoms with Gasteiger partial charge in [0.05, 0.1) is 6.10 Å². The van der Waals surface area contributed by atoms with Crippen molar-refractivity contribution in [3.63, 3.8) is 0 Å². The number of aromatic nitrogens is 1. The first-order chi connectivity index (χ1) is 23.1. The smallest absolute Gasteiger partial charge is 0.273 e. The van der Waals surface area contributed by atoms with Crippen LogP contribution in [0.4, 0.5) is 0 Å². The minimum atomic E-state index is -0.987. The average Bonchev–Trinajstić information content (AvgIpc) is 3.70. The van der Waals surface area contributed by atoms with Gasteiger partial charge in [-0.2, -0.15) is 0 Å². The van der Waals surface area contributed by atoms with Crippen molar-refractivity contribution in [2.45, 2.75) is 102 Å². The fourth-order valence-electron chi connectivity index (χ4n) is 12.0. The summed E-state index contributed by atoms with van der Waals surface area (Å²) in [6, 6.07) is 9.36. The van der Waals surface area contributed by atoms with Crippen LogP contribution in [0.15, 0.2) is 36.5 Å². The van der Waals surface area contributed by atoms with Gasteiger partial charge in [-0.3, -0.25) is 19.5 Å². The van der Waals surface area contributed by atoms with Gasteiger partial charge < -0.3 is 20.0 Å². The third-order valence-electron chi connectivity index (χ3n) is 14.8. The van der Waals surface area contributed by atoms with Crippen LogP contribution in [-0.4, -0.2) is 98.2 Å². The molecule has 8 rings (SSSR count). The lowest BCUT2D eigenvalue weighted by Gasteiger charge is -2.63. The second-order valence-corrected chi connectivity index (χ2v) is 16.7. The van der Waals surface area contributed by atoms with Crippen LogP contribution in [0.25, 0.3) is 10.8 Å². The van der Waals surface area contributed by atoms with E-state index in [0.717, 1.165) is 68.8 Å². The van der Waals surface area contributed by atoms with Gasteiger partial charge in [0.2, 0.25) is 5.91 Å². The molecule has 2 N–H and O–H groups in total. The van der Waals surface area contributed by atoms with Gasteiger partial charge in [-0.15, -0.1) is 6.42 Å². The molecule has 3 heterocycles. The zero-order valence-corrected chi connectivity index (χ0v) is 28.7. The molecule has 0 radical (unpaired) electrons. The summed E-state index contributed by atoms with van der Waals surface area (Å²) in [5.74, 6) is 4.85. The molecule has 0 bridgehead atoms. The summed E-state index contributed by atoms with van der Waals surface area (Å²) in [6.45, 7) is 8.05. The minimum absolute atomic E-state index is 0.0429. The molecule has 4 saturated carbocycles. The summed E-state index contributed by atoms with van der Waals surface area (Å²) in [7, 11) is 0. The maximum atomic E-state index is 13.9. The van der Waals surface area contributed by atoms with Crippen molar-refractivity contribution >= 4 is 22.6 Å². The van der Waals surface area contributed by atoms with E-state index in [9.17, 15) is 19.8 Å². The Morgan fingerprint density at radius 1 is 0.958 bits per heavy atom. The zero-order valence-electron chi connectivity index (χ0n) is 28.7. The van der Waals surface area contributed by atoms with E-state index in [0.29, 0.717) is 61.8 Å². The average molecular weight is 653 g/mol.